The van der Waals surface area contributed by atoms with Crippen molar-refractivity contribution in [3.8, 4) is 28.1 Å². The van der Waals surface area contributed by atoms with E-state index in [4.69, 9.17) is 14.5 Å². The van der Waals surface area contributed by atoms with E-state index in [0.29, 0.717) is 31.3 Å². The number of H-pyrrole nitrogens is 2. The summed E-state index contributed by atoms with van der Waals surface area (Å²) in [5.41, 5.74) is 6.05. The van der Waals surface area contributed by atoms with Crippen LogP contribution in [0.5, 0.6) is 5.75 Å². The minimum Gasteiger partial charge on any atom is -0.488 e. The van der Waals surface area contributed by atoms with E-state index < -0.39 is 11.7 Å². The van der Waals surface area contributed by atoms with Gasteiger partial charge in [-0.05, 0) is 86.9 Å². The van der Waals surface area contributed by atoms with Gasteiger partial charge in [0, 0.05) is 23.5 Å². The van der Waals surface area contributed by atoms with Crippen LogP contribution >= 0.6 is 0 Å². The average Bonchev–Trinajstić information content (AvgIpc) is 3.77. The van der Waals surface area contributed by atoms with E-state index in [1.54, 1.807) is 16.0 Å². The van der Waals surface area contributed by atoms with Gasteiger partial charge in [0.25, 0.3) is 0 Å². The standard InChI is InChI=1S/C39H47N7O6/c1-8-14-45(38(49)52-39(4,5)6)20-34-42-30-13-11-24-16-29-27-12-10-25(15-26(27)22-51-32(29)17-28(24)36(30)44-34)31-18-40-33(43-31)21-46(23(3)9-2)35(47)19-41-37(48)50-7/h10-13,15-18,23H,8-9,14,19-22H2,1-7H3,(H,40,43)(H,41,48)(H,42,44)/t23-/m0/s1. The van der Waals surface area contributed by atoms with Crippen LogP contribution in [-0.2, 0) is 34.0 Å². The lowest BCUT2D eigenvalue weighted by atomic mass is 9.92. The highest BCUT2D eigenvalue weighted by Gasteiger charge is 2.25. The number of aromatic nitrogens is 4. The van der Waals surface area contributed by atoms with E-state index in [1.807, 2.05) is 47.6 Å². The molecule has 0 saturated heterocycles. The van der Waals surface area contributed by atoms with Crippen molar-refractivity contribution in [2.75, 3.05) is 20.2 Å². The summed E-state index contributed by atoms with van der Waals surface area (Å²) in [5.74, 6) is 1.89. The van der Waals surface area contributed by atoms with Crippen molar-refractivity contribution in [1.82, 2.24) is 35.1 Å². The lowest BCUT2D eigenvalue weighted by Crippen LogP contribution is -2.44. The van der Waals surface area contributed by atoms with Crippen LogP contribution in [0.25, 0.3) is 44.2 Å². The predicted octanol–water partition coefficient (Wildman–Crippen LogP) is 7.30. The molecule has 13 nitrogen and oxygen atoms in total. The summed E-state index contributed by atoms with van der Waals surface area (Å²) < 4.78 is 16.6. The topological polar surface area (TPSA) is 155 Å². The van der Waals surface area contributed by atoms with Gasteiger partial charge in [-0.25, -0.2) is 19.6 Å². The number of rotatable bonds is 11. The zero-order valence-electron chi connectivity index (χ0n) is 30.9. The third-order valence-corrected chi connectivity index (χ3v) is 9.15. The Morgan fingerprint density at radius 2 is 1.83 bits per heavy atom. The first-order valence-corrected chi connectivity index (χ1v) is 17.7. The maximum absolute atomic E-state index is 13.0. The molecule has 3 amide bonds. The highest BCUT2D eigenvalue weighted by Crippen LogP contribution is 2.42. The van der Waals surface area contributed by atoms with Crippen LogP contribution in [0.15, 0.2) is 48.7 Å². The summed E-state index contributed by atoms with van der Waals surface area (Å²) in [6.07, 6.45) is 2.31. The Balaban J connectivity index is 1.22. The van der Waals surface area contributed by atoms with Gasteiger partial charge in [0.15, 0.2) is 0 Å². The van der Waals surface area contributed by atoms with E-state index in [2.05, 4.69) is 61.4 Å². The maximum Gasteiger partial charge on any atom is 0.410 e. The van der Waals surface area contributed by atoms with Crippen LogP contribution in [0.1, 0.15) is 71.6 Å². The minimum absolute atomic E-state index is 0.0518. The van der Waals surface area contributed by atoms with Crippen molar-refractivity contribution in [2.45, 2.75) is 85.7 Å². The highest BCUT2D eigenvalue weighted by atomic mass is 16.6. The van der Waals surface area contributed by atoms with Crippen molar-refractivity contribution in [2.24, 2.45) is 0 Å². The molecule has 3 aromatic carbocycles. The second-order valence-electron chi connectivity index (χ2n) is 14.1. The van der Waals surface area contributed by atoms with E-state index >= 15 is 0 Å². The SMILES string of the molecule is CCCN(Cc1nc2c(ccc3cc4c(cc32)OCc2cc(-c3cnc(CN(C(=O)CNC(=O)OC)[C@@H](C)CC)[nH]3)ccc2-4)[nH]1)C(=O)OC(C)(C)C. The molecule has 1 aliphatic rings. The van der Waals surface area contributed by atoms with Crippen molar-refractivity contribution >= 4 is 39.9 Å². The number of benzene rings is 3. The summed E-state index contributed by atoms with van der Waals surface area (Å²) in [6.45, 7) is 13.0. The van der Waals surface area contributed by atoms with Crippen molar-refractivity contribution in [1.29, 1.82) is 0 Å². The molecule has 1 atom stereocenters. The Labute approximate surface area is 303 Å². The fourth-order valence-electron chi connectivity index (χ4n) is 6.37. The number of nitrogens with zero attached hydrogens (tertiary/aromatic N) is 4. The molecule has 5 aromatic rings. The number of fused-ring (bicyclic) bond motifs is 6. The second-order valence-corrected chi connectivity index (χ2v) is 14.1. The van der Waals surface area contributed by atoms with Gasteiger partial charge in [-0.1, -0.05) is 32.0 Å². The molecule has 0 radical (unpaired) electrons. The van der Waals surface area contributed by atoms with Gasteiger partial charge >= 0.3 is 12.2 Å². The van der Waals surface area contributed by atoms with Crippen LogP contribution in [-0.4, -0.2) is 79.7 Å². The largest absolute Gasteiger partial charge is 0.488 e. The first kappa shape index (κ1) is 36.2. The van der Waals surface area contributed by atoms with Crippen LogP contribution in [0.2, 0.25) is 0 Å². The van der Waals surface area contributed by atoms with Crippen LogP contribution in [0.3, 0.4) is 0 Å². The lowest BCUT2D eigenvalue weighted by molar-refractivity contribution is -0.133. The molecule has 0 unspecified atom stereocenters. The summed E-state index contributed by atoms with van der Waals surface area (Å²) in [5, 5.41) is 4.46. The van der Waals surface area contributed by atoms with E-state index in [-0.39, 0.29) is 31.1 Å². The number of hydrogen-bond donors (Lipinski definition) is 3. The number of imidazole rings is 2. The fraction of sp³-hybridized carbons (Fsp3) is 0.410. The smallest absolute Gasteiger partial charge is 0.410 e. The molecule has 0 bridgehead atoms. The van der Waals surface area contributed by atoms with Gasteiger partial charge in [0.05, 0.1) is 43.1 Å². The number of nitrogens with one attached hydrogen (secondary N) is 3. The molecule has 274 valence electrons. The number of amides is 3. The van der Waals surface area contributed by atoms with E-state index in [1.165, 1.54) is 7.11 Å². The Bertz CT molecular complexity index is 2110. The van der Waals surface area contributed by atoms with E-state index in [0.717, 1.165) is 68.3 Å². The molecule has 52 heavy (non-hydrogen) atoms. The third-order valence-electron chi connectivity index (χ3n) is 9.15. The molecule has 0 spiro atoms. The van der Waals surface area contributed by atoms with Crippen LogP contribution < -0.4 is 10.1 Å². The molecule has 1 aliphatic heterocycles. The van der Waals surface area contributed by atoms with Gasteiger partial charge < -0.3 is 39.3 Å². The minimum atomic E-state index is -0.652. The number of aromatic amines is 2. The molecule has 13 heteroatoms. The monoisotopic (exact) mass is 709 g/mol. The van der Waals surface area contributed by atoms with Gasteiger partial charge in [-0.15, -0.1) is 0 Å². The lowest BCUT2D eigenvalue weighted by Gasteiger charge is -2.28. The van der Waals surface area contributed by atoms with Crippen molar-refractivity contribution < 1.29 is 28.6 Å². The average molecular weight is 710 g/mol. The Morgan fingerprint density at radius 1 is 1.02 bits per heavy atom. The number of carbonyl (C=O) groups is 3. The molecule has 3 heterocycles. The molecule has 0 fully saturated rings. The van der Waals surface area contributed by atoms with Gasteiger partial charge in [0.1, 0.15) is 36.2 Å². The zero-order valence-corrected chi connectivity index (χ0v) is 30.9. The van der Waals surface area contributed by atoms with Crippen molar-refractivity contribution in [3.05, 3.63) is 65.9 Å². The zero-order chi connectivity index (χ0) is 37.2. The van der Waals surface area contributed by atoms with Gasteiger partial charge in [-0.3, -0.25) is 4.79 Å². The Hall–Kier alpha value is -5.59. The molecule has 0 aliphatic carbocycles. The number of alkyl carbamates (subject to hydrolysis) is 1. The number of hydrogen-bond acceptors (Lipinski definition) is 8. The molecule has 6 rings (SSSR count). The predicted molar refractivity (Wildman–Crippen MR) is 199 cm³/mol. The summed E-state index contributed by atoms with van der Waals surface area (Å²) in [7, 11) is 1.26. The molecule has 0 saturated carbocycles. The number of carbonyl (C=O) groups excluding carboxylic acids is 3. The third kappa shape index (κ3) is 7.83. The van der Waals surface area contributed by atoms with Crippen molar-refractivity contribution in [3.63, 3.8) is 0 Å². The Morgan fingerprint density at radius 3 is 2.56 bits per heavy atom. The van der Waals surface area contributed by atoms with E-state index in [9.17, 15) is 14.4 Å². The van der Waals surface area contributed by atoms with Gasteiger partial charge in [0.2, 0.25) is 5.91 Å². The quantitative estimate of drug-likeness (QED) is 0.129. The molecule has 3 N–H and O–H groups in total. The number of methoxy groups -OCH3 is 1. The normalized spacial score (nSPS) is 12.8. The highest BCUT2D eigenvalue weighted by molar-refractivity contribution is 6.07. The molecular formula is C39H47N7O6. The fourth-order valence-corrected chi connectivity index (χ4v) is 6.37. The van der Waals surface area contributed by atoms with Gasteiger partial charge in [-0.2, -0.15) is 0 Å². The molecular weight excluding hydrogens is 662 g/mol. The second kappa shape index (κ2) is 14.9. The summed E-state index contributed by atoms with van der Waals surface area (Å²) >= 11 is 0. The summed E-state index contributed by atoms with van der Waals surface area (Å²) in [4.78, 5) is 57.0. The number of ether oxygens (including phenoxy) is 3. The van der Waals surface area contributed by atoms with Crippen LogP contribution in [0, 0.1) is 0 Å². The Kier molecular flexibility index (Phi) is 10.4. The first-order chi connectivity index (χ1) is 24.9. The first-order valence-electron chi connectivity index (χ1n) is 17.7. The van der Waals surface area contributed by atoms with Crippen LogP contribution in [0.4, 0.5) is 9.59 Å². The maximum atomic E-state index is 13.0. The molecule has 2 aromatic heterocycles. The summed E-state index contributed by atoms with van der Waals surface area (Å²) in [6, 6.07) is 14.5.